The molecule has 0 saturated carbocycles. The molecule has 1 aliphatic heterocycles. The number of nitrogens with two attached hydrogens (primary N) is 2. The number of likely N-dealkylation sites (tertiary alicyclic amines) is 1. The summed E-state index contributed by atoms with van der Waals surface area (Å²) in [6.07, 6.45) is 2.06. The highest BCUT2D eigenvalue weighted by Crippen LogP contribution is 2.26. The summed E-state index contributed by atoms with van der Waals surface area (Å²) in [5.74, 6) is -1.19. The number of piperidine rings is 1. The second-order valence-electron chi connectivity index (χ2n) is 8.00. The van der Waals surface area contributed by atoms with Crippen molar-refractivity contribution in [3.05, 3.63) is 76.4 Å². The monoisotopic (exact) mass is 452 g/mol. The molecule has 0 bridgehead atoms. The van der Waals surface area contributed by atoms with Gasteiger partial charge in [-0.2, -0.15) is 0 Å². The van der Waals surface area contributed by atoms with Gasteiger partial charge in [0, 0.05) is 30.3 Å². The van der Waals surface area contributed by atoms with Gasteiger partial charge < -0.3 is 16.8 Å². The maximum Gasteiger partial charge on any atom is 0.256 e. The van der Waals surface area contributed by atoms with Crippen molar-refractivity contribution in [3.8, 4) is 11.1 Å². The highest BCUT2D eigenvalue weighted by atomic mass is 32.1. The lowest BCUT2D eigenvalue weighted by Crippen LogP contribution is -2.42. The van der Waals surface area contributed by atoms with Crippen LogP contribution in [-0.2, 0) is 6.54 Å². The molecule has 1 unspecified atom stereocenters. The number of amides is 2. The molecule has 2 heterocycles. The summed E-state index contributed by atoms with van der Waals surface area (Å²) < 4.78 is 14.8. The van der Waals surface area contributed by atoms with E-state index >= 15 is 0 Å². The van der Waals surface area contributed by atoms with Gasteiger partial charge in [-0.3, -0.25) is 14.5 Å². The molecule has 6 nitrogen and oxygen atoms in total. The number of carbonyl (C=O) groups is 2. The Balaban J connectivity index is 1.44. The van der Waals surface area contributed by atoms with E-state index in [1.807, 2.05) is 12.1 Å². The van der Waals surface area contributed by atoms with Gasteiger partial charge >= 0.3 is 0 Å². The number of nitrogens with one attached hydrogen (secondary N) is 1. The number of thiophene rings is 1. The molecule has 8 heteroatoms. The Morgan fingerprint density at radius 1 is 1.12 bits per heavy atom. The first-order chi connectivity index (χ1) is 15.4. The highest BCUT2D eigenvalue weighted by Gasteiger charge is 2.18. The number of rotatable bonds is 6. The van der Waals surface area contributed by atoms with Crippen LogP contribution in [0.25, 0.3) is 11.1 Å². The first-order valence-electron chi connectivity index (χ1n) is 10.5. The number of hydrogen-bond donors (Lipinski definition) is 3. The zero-order valence-corrected chi connectivity index (χ0v) is 18.3. The van der Waals surface area contributed by atoms with Gasteiger partial charge in [0.15, 0.2) is 0 Å². The maximum atomic E-state index is 14.8. The summed E-state index contributed by atoms with van der Waals surface area (Å²) in [5.41, 5.74) is 14.2. The highest BCUT2D eigenvalue weighted by molar-refractivity contribution is 7.14. The van der Waals surface area contributed by atoms with E-state index in [1.54, 1.807) is 35.7 Å². The molecule has 1 fully saturated rings. The summed E-state index contributed by atoms with van der Waals surface area (Å²) in [4.78, 5) is 26.1. The fourth-order valence-electron chi connectivity index (χ4n) is 3.92. The minimum atomic E-state index is -0.592. The van der Waals surface area contributed by atoms with Crippen LogP contribution in [0.1, 0.15) is 39.1 Å². The molecule has 2 amide bonds. The largest absolute Gasteiger partial charge is 0.366 e. The van der Waals surface area contributed by atoms with Crippen LogP contribution >= 0.6 is 11.3 Å². The third kappa shape index (κ3) is 5.04. The van der Waals surface area contributed by atoms with Crippen molar-refractivity contribution < 1.29 is 14.0 Å². The number of hydrogen-bond acceptors (Lipinski definition) is 5. The zero-order valence-electron chi connectivity index (χ0n) is 17.5. The second-order valence-corrected chi connectivity index (χ2v) is 8.92. The zero-order chi connectivity index (χ0) is 22.7. The second kappa shape index (κ2) is 9.60. The van der Waals surface area contributed by atoms with E-state index in [1.165, 1.54) is 17.4 Å². The van der Waals surface area contributed by atoms with E-state index < -0.39 is 5.91 Å². The minimum absolute atomic E-state index is 0.156. The van der Waals surface area contributed by atoms with Crippen LogP contribution in [0, 0.1) is 5.82 Å². The number of anilines is 1. The fourth-order valence-corrected chi connectivity index (χ4v) is 4.71. The molecular formula is C24H25FN4O2S. The molecule has 1 aromatic heterocycles. The summed E-state index contributed by atoms with van der Waals surface area (Å²) in [7, 11) is 0. The van der Waals surface area contributed by atoms with Crippen LogP contribution in [0.4, 0.5) is 9.39 Å². The molecule has 32 heavy (non-hydrogen) atoms. The Morgan fingerprint density at radius 2 is 1.88 bits per heavy atom. The molecule has 0 spiro atoms. The number of primary amides is 1. The lowest BCUT2D eigenvalue weighted by molar-refractivity contribution is 0.100. The maximum absolute atomic E-state index is 14.8. The summed E-state index contributed by atoms with van der Waals surface area (Å²) in [6, 6.07) is 13.8. The predicted octanol–water partition coefficient (Wildman–Crippen LogP) is 3.83. The van der Waals surface area contributed by atoms with Gasteiger partial charge in [0.25, 0.3) is 11.8 Å². The van der Waals surface area contributed by atoms with E-state index in [-0.39, 0.29) is 23.3 Å². The van der Waals surface area contributed by atoms with Gasteiger partial charge in [-0.25, -0.2) is 4.39 Å². The van der Waals surface area contributed by atoms with Crippen LogP contribution in [0.3, 0.4) is 0 Å². The normalized spacial score (nSPS) is 16.6. The lowest BCUT2D eigenvalue weighted by atomic mass is 10.0. The van der Waals surface area contributed by atoms with Crippen LogP contribution in [0.2, 0.25) is 0 Å². The number of halogens is 1. The van der Waals surface area contributed by atoms with Crippen molar-refractivity contribution in [2.24, 2.45) is 11.5 Å². The van der Waals surface area contributed by atoms with Crippen molar-refractivity contribution in [2.45, 2.75) is 25.4 Å². The molecule has 166 valence electrons. The Hall–Kier alpha value is -3.07. The van der Waals surface area contributed by atoms with Gasteiger partial charge in [-0.1, -0.05) is 24.3 Å². The average molecular weight is 453 g/mol. The van der Waals surface area contributed by atoms with Crippen LogP contribution in [-0.4, -0.2) is 35.8 Å². The van der Waals surface area contributed by atoms with E-state index in [0.29, 0.717) is 22.7 Å². The molecule has 1 atom stereocenters. The van der Waals surface area contributed by atoms with Crippen molar-refractivity contribution >= 4 is 28.2 Å². The summed E-state index contributed by atoms with van der Waals surface area (Å²) in [5, 5.41) is 4.82. The fraction of sp³-hybridized carbons (Fsp3) is 0.250. The van der Waals surface area contributed by atoms with Gasteiger partial charge in [-0.05, 0) is 60.2 Å². The smallest absolute Gasteiger partial charge is 0.256 e. The van der Waals surface area contributed by atoms with Gasteiger partial charge in [-0.15, -0.1) is 11.3 Å². The van der Waals surface area contributed by atoms with Crippen LogP contribution < -0.4 is 16.8 Å². The Morgan fingerprint density at radius 3 is 2.56 bits per heavy atom. The molecule has 0 radical (unpaired) electrons. The van der Waals surface area contributed by atoms with Gasteiger partial charge in [0.05, 0.1) is 5.56 Å². The van der Waals surface area contributed by atoms with Crippen LogP contribution in [0.15, 0.2) is 53.9 Å². The lowest BCUT2D eigenvalue weighted by Gasteiger charge is -2.30. The Labute approximate surface area is 190 Å². The van der Waals surface area contributed by atoms with Crippen molar-refractivity contribution in [2.75, 3.05) is 18.4 Å². The van der Waals surface area contributed by atoms with Crippen LogP contribution in [0.5, 0.6) is 0 Å². The number of nitrogens with zero attached hydrogens (tertiary/aromatic N) is 1. The Bertz CT molecular complexity index is 1130. The molecule has 1 aliphatic rings. The molecule has 0 aliphatic carbocycles. The summed E-state index contributed by atoms with van der Waals surface area (Å²) in [6.45, 7) is 2.27. The SMILES string of the molecule is NC(=O)c1ccsc1NC(=O)c1ccc(-c2ccc(CN3CCCC(N)C3)c(F)c2)cc1. The summed E-state index contributed by atoms with van der Waals surface area (Å²) >= 11 is 1.23. The Kier molecular flexibility index (Phi) is 6.64. The number of carbonyl (C=O) groups excluding carboxylic acids is 2. The van der Waals surface area contributed by atoms with E-state index in [4.69, 9.17) is 11.5 Å². The van der Waals surface area contributed by atoms with Gasteiger partial charge in [0.1, 0.15) is 10.8 Å². The number of benzene rings is 2. The molecule has 4 rings (SSSR count). The third-order valence-electron chi connectivity index (χ3n) is 5.63. The molecule has 5 N–H and O–H groups in total. The standard InChI is InChI=1S/C24H25FN4O2S/c25-21-12-17(7-8-18(21)13-29-10-1-2-19(26)14-29)15-3-5-16(6-4-15)23(31)28-24-20(22(27)30)9-11-32-24/h3-9,11-12,19H,1-2,10,13-14,26H2,(H2,27,30)(H,28,31). The minimum Gasteiger partial charge on any atom is -0.366 e. The third-order valence-corrected chi connectivity index (χ3v) is 6.46. The topological polar surface area (TPSA) is 101 Å². The quantitative estimate of drug-likeness (QED) is 0.529. The first kappa shape index (κ1) is 22.1. The van der Waals surface area contributed by atoms with E-state index in [2.05, 4.69) is 10.2 Å². The van der Waals surface area contributed by atoms with Crippen molar-refractivity contribution in [1.29, 1.82) is 0 Å². The predicted molar refractivity (Wildman–Crippen MR) is 125 cm³/mol. The molecule has 1 saturated heterocycles. The van der Waals surface area contributed by atoms with E-state index in [0.717, 1.165) is 37.1 Å². The first-order valence-corrected chi connectivity index (χ1v) is 11.3. The molecular weight excluding hydrogens is 427 g/mol. The average Bonchev–Trinajstić information content (AvgIpc) is 3.24. The van der Waals surface area contributed by atoms with Gasteiger partial charge in [0.2, 0.25) is 0 Å². The van der Waals surface area contributed by atoms with Crippen molar-refractivity contribution in [1.82, 2.24) is 4.90 Å². The molecule has 3 aromatic rings. The van der Waals surface area contributed by atoms with E-state index in [9.17, 15) is 14.0 Å². The van der Waals surface area contributed by atoms with Crippen molar-refractivity contribution in [3.63, 3.8) is 0 Å². The molecule has 2 aromatic carbocycles.